The van der Waals surface area contributed by atoms with Crippen LogP contribution in [0.3, 0.4) is 0 Å². The molecule has 114 heavy (non-hydrogen) atoms. The van der Waals surface area contributed by atoms with Crippen LogP contribution in [-0.2, 0) is 58.9 Å². The first-order valence-electron chi connectivity index (χ1n) is 36.6. The quantitative estimate of drug-likeness (QED) is 0.0392. The normalized spacial score (nSPS) is 13.0. The number of carbonyl (C=O) groups excluding carboxylic acids is 4. The van der Waals surface area contributed by atoms with Crippen LogP contribution >= 0.6 is 0 Å². The van der Waals surface area contributed by atoms with Crippen molar-refractivity contribution >= 4 is 29.7 Å². The van der Waals surface area contributed by atoms with Crippen molar-refractivity contribution in [2.45, 2.75) is 98.0 Å². The van der Waals surface area contributed by atoms with Crippen LogP contribution in [0.1, 0.15) is 125 Å². The average molecular weight is 1560 g/mol. The van der Waals surface area contributed by atoms with Crippen molar-refractivity contribution in [1.29, 1.82) is 0 Å². The smallest absolute Gasteiger partial charge is 0.454 e. The molecule has 0 radical (unpaired) electrons. The van der Waals surface area contributed by atoms with Gasteiger partial charge in [-0.15, -0.1) is 13.2 Å². The SMILES string of the molecule is CCC(CC)N(C/C=C/c1ccccc1)Cc1cc(C(=O)NCc2ccc3c(c2)OCO3)no1.O=C(NCc1ccc2c(c1)OCO2)c1cc(CN(Cc2ccc(OC(F)(F)F)cc2)C(=O)c2ccc3c(c2)OCO3)on1.O=C(NCc1ccc2c(c1)OCO2)c1cc(CN(Cc2ccccc2)Cc2ccc3c(c2)OCO3)on1. The molecule has 3 N–H and O–H groups in total. The second-order valence-corrected chi connectivity index (χ2v) is 26.6. The molecule has 0 aliphatic carbocycles. The van der Waals surface area contributed by atoms with E-state index in [9.17, 15) is 32.3 Å². The van der Waals surface area contributed by atoms with Gasteiger partial charge in [0.25, 0.3) is 23.6 Å². The maximum Gasteiger partial charge on any atom is 0.573 e. The summed E-state index contributed by atoms with van der Waals surface area (Å²) in [5.74, 6) is 5.99. The summed E-state index contributed by atoms with van der Waals surface area (Å²) in [6.07, 6.45) is 1.54. The number of hydrogen-bond acceptors (Lipinski definition) is 23. The van der Waals surface area contributed by atoms with Gasteiger partial charge in [-0.2, -0.15) is 0 Å². The summed E-state index contributed by atoms with van der Waals surface area (Å²) in [6.45, 7) is 9.21. The molecule has 11 aromatic rings. The van der Waals surface area contributed by atoms with Crippen molar-refractivity contribution in [2.24, 2.45) is 0 Å². The Kier molecular flexibility index (Phi) is 24.8. The number of ether oxygens (including phenoxy) is 11. The molecule has 0 spiro atoms. The molecule has 0 unspecified atom stereocenters. The van der Waals surface area contributed by atoms with E-state index < -0.39 is 23.9 Å². The first-order valence-corrected chi connectivity index (χ1v) is 36.6. The van der Waals surface area contributed by atoms with Gasteiger partial charge in [0.05, 0.1) is 19.6 Å². The number of halogens is 3. The van der Waals surface area contributed by atoms with Crippen molar-refractivity contribution in [3.63, 3.8) is 0 Å². The second-order valence-electron chi connectivity index (χ2n) is 26.6. The number of nitrogens with one attached hydrogen (secondary N) is 3. The Morgan fingerprint density at radius 2 is 0.807 bits per heavy atom. The lowest BCUT2D eigenvalue weighted by Gasteiger charge is -2.28. The average Bonchev–Trinajstić information content (AvgIpc) is 1.54. The van der Waals surface area contributed by atoms with Crippen LogP contribution in [0.25, 0.3) is 6.08 Å². The van der Waals surface area contributed by atoms with Gasteiger partial charge in [0, 0.05) is 75.6 Å². The number of amides is 4. The highest BCUT2D eigenvalue weighted by Gasteiger charge is 2.32. The lowest BCUT2D eigenvalue weighted by molar-refractivity contribution is -0.274. The Bertz CT molecular complexity index is 5170. The van der Waals surface area contributed by atoms with Gasteiger partial charge in [0.15, 0.2) is 91.9 Å². The topological polar surface area (TPSA) is 294 Å². The summed E-state index contributed by atoms with van der Waals surface area (Å²) in [5.41, 5.74) is 7.35. The molecule has 30 heteroatoms. The fourth-order valence-electron chi connectivity index (χ4n) is 12.8. The van der Waals surface area contributed by atoms with Crippen LogP contribution in [0.5, 0.6) is 63.2 Å². The van der Waals surface area contributed by atoms with Gasteiger partial charge in [0.1, 0.15) is 5.75 Å². The van der Waals surface area contributed by atoms with E-state index in [1.54, 1.807) is 42.5 Å². The fraction of sp³-hybridized carbons (Fsp3) is 0.250. The van der Waals surface area contributed by atoms with Crippen molar-refractivity contribution < 1.29 is 98.0 Å². The maximum absolute atomic E-state index is 13.6. The highest BCUT2D eigenvalue weighted by atomic mass is 19.4. The van der Waals surface area contributed by atoms with Gasteiger partial charge in [-0.05, 0) is 131 Å². The molecule has 5 aliphatic heterocycles. The maximum atomic E-state index is 13.6. The summed E-state index contributed by atoms with van der Waals surface area (Å²) in [6, 6.07) is 58.0. The Balaban J connectivity index is 0.000000143. The minimum atomic E-state index is -4.83. The van der Waals surface area contributed by atoms with Crippen molar-refractivity contribution in [3.05, 3.63) is 279 Å². The van der Waals surface area contributed by atoms with E-state index >= 15 is 0 Å². The molecule has 4 amide bonds. The van der Waals surface area contributed by atoms with Crippen LogP contribution < -0.4 is 68.1 Å². The van der Waals surface area contributed by atoms with Crippen molar-refractivity contribution in [1.82, 2.24) is 46.1 Å². The third kappa shape index (κ3) is 20.7. The minimum Gasteiger partial charge on any atom is -0.454 e. The minimum absolute atomic E-state index is 0.000116. The Hall–Kier alpha value is -13.5. The number of rotatable bonds is 29. The molecule has 0 saturated carbocycles. The van der Waals surface area contributed by atoms with Crippen LogP contribution in [-0.4, -0.2) is 107 Å². The van der Waals surface area contributed by atoms with E-state index in [-0.39, 0.29) is 93.8 Å². The zero-order valence-electron chi connectivity index (χ0n) is 61.9. The van der Waals surface area contributed by atoms with E-state index in [0.717, 1.165) is 71.0 Å². The van der Waals surface area contributed by atoms with E-state index in [4.69, 9.17) is 60.9 Å². The van der Waals surface area contributed by atoms with Gasteiger partial charge in [0.2, 0.25) is 34.0 Å². The number of carbonyl (C=O) groups is 4. The summed E-state index contributed by atoms with van der Waals surface area (Å²) in [7, 11) is 0. The molecule has 588 valence electrons. The largest absolute Gasteiger partial charge is 0.573 e. The third-order valence-corrected chi connectivity index (χ3v) is 18.6. The molecule has 0 atom stereocenters. The molecule has 8 aromatic carbocycles. The van der Waals surface area contributed by atoms with Gasteiger partial charge in [-0.1, -0.05) is 139 Å². The van der Waals surface area contributed by atoms with E-state index in [0.29, 0.717) is 103 Å². The molecule has 16 rings (SSSR count). The molecule has 5 aliphatic rings. The number of benzene rings is 8. The van der Waals surface area contributed by atoms with Crippen LogP contribution in [0.4, 0.5) is 13.2 Å². The number of fused-ring (bicyclic) bond motifs is 5. The lowest BCUT2D eigenvalue weighted by Crippen LogP contribution is -2.34. The summed E-state index contributed by atoms with van der Waals surface area (Å²) in [4.78, 5) is 57.6. The highest BCUT2D eigenvalue weighted by molar-refractivity contribution is 5.95. The van der Waals surface area contributed by atoms with E-state index in [1.165, 1.54) is 40.3 Å². The Labute approximate surface area is 651 Å². The molecule has 27 nitrogen and oxygen atoms in total. The first kappa shape index (κ1) is 77.3. The zero-order valence-corrected chi connectivity index (χ0v) is 61.9. The Morgan fingerprint density at radius 1 is 0.421 bits per heavy atom. The number of alkyl halides is 3. The fourth-order valence-corrected chi connectivity index (χ4v) is 12.8. The molecule has 8 heterocycles. The standard InChI is InChI=1S/C29H22F3N3O8.C28H25N3O6.C27H31N3O4/c30-29(31,32)42-20-5-1-17(2-6-20)13-35(28(37)19-4-8-24-26(10-19)41-16-39-24)14-21-11-22(34-43-21)27(36)33-12-18-3-7-23-25(9-18)40-15-38-23;32-28(29-13-20-6-8-24-26(10-20)35-17-33-24)23-12-22(37-30-23)16-31(14-19-4-2-1-3-5-19)15-21-7-9-25-27(11-21)36-18-34-25;1-3-22(4-2)30(14-8-11-20-9-6-5-7-10-20)18-23-16-24(29-34-23)27(31)28-17-21-12-13-25-26(15-21)33-19-32-25/h1-11H,12-16H2,(H,33,36);1-12H,13-18H2,(H,29,32);5-13,15-16,22H,3-4,14,17-19H2,1-2H3,(H,28,31)/b;;11-8+. The summed E-state index contributed by atoms with van der Waals surface area (Å²) in [5, 5.41) is 20.4. The molecular formula is C84H78F3N9O18. The molecule has 0 bridgehead atoms. The van der Waals surface area contributed by atoms with Crippen LogP contribution in [0, 0.1) is 0 Å². The zero-order chi connectivity index (χ0) is 78.8. The monoisotopic (exact) mass is 1560 g/mol. The molecular weight excluding hydrogens is 1480 g/mol. The third-order valence-electron chi connectivity index (χ3n) is 18.6. The molecule has 0 fully saturated rings. The summed E-state index contributed by atoms with van der Waals surface area (Å²) >= 11 is 0. The van der Waals surface area contributed by atoms with Gasteiger partial charge < -0.3 is 86.5 Å². The molecule has 3 aromatic heterocycles. The predicted molar refractivity (Wildman–Crippen MR) is 402 cm³/mol. The second kappa shape index (κ2) is 36.6. The van der Waals surface area contributed by atoms with Crippen molar-refractivity contribution in [3.8, 4) is 63.2 Å². The van der Waals surface area contributed by atoms with Gasteiger partial charge >= 0.3 is 6.36 Å². The van der Waals surface area contributed by atoms with E-state index in [1.807, 2.05) is 91.0 Å². The lowest BCUT2D eigenvalue weighted by atomic mass is 10.1. The summed E-state index contributed by atoms with van der Waals surface area (Å²) < 4.78 is 112. The number of aromatic nitrogens is 3. The van der Waals surface area contributed by atoms with Gasteiger partial charge in [-0.25, -0.2) is 0 Å². The Morgan fingerprint density at radius 3 is 1.27 bits per heavy atom. The van der Waals surface area contributed by atoms with Crippen LogP contribution in [0.15, 0.2) is 214 Å². The number of nitrogens with zero attached hydrogens (tertiary/aromatic N) is 6. The van der Waals surface area contributed by atoms with Crippen molar-refractivity contribution in [2.75, 3.05) is 40.5 Å². The highest BCUT2D eigenvalue weighted by Crippen LogP contribution is 2.38. The predicted octanol–water partition coefficient (Wildman–Crippen LogP) is 14.1. The van der Waals surface area contributed by atoms with Crippen LogP contribution in [0.2, 0.25) is 0 Å². The van der Waals surface area contributed by atoms with E-state index in [2.05, 4.69) is 96.2 Å². The molecule has 0 saturated heterocycles. The van der Waals surface area contributed by atoms with Gasteiger partial charge in [-0.3, -0.25) is 29.0 Å². The first-order chi connectivity index (χ1) is 55.5. The number of hydrogen-bond donors (Lipinski definition) is 3.